The normalized spacial score (nSPS) is 10.5. The Hall–Kier alpha value is -2.67. The van der Waals surface area contributed by atoms with Crippen molar-refractivity contribution in [2.75, 3.05) is 6.54 Å². The van der Waals surface area contributed by atoms with Crippen LogP contribution in [0.25, 0.3) is 5.69 Å². The number of carbonyl (C=O) groups is 1. The summed E-state index contributed by atoms with van der Waals surface area (Å²) in [4.78, 5) is 21.5. The van der Waals surface area contributed by atoms with E-state index in [0.29, 0.717) is 13.1 Å². The number of thiazole rings is 1. The van der Waals surface area contributed by atoms with Gasteiger partial charge in [0.1, 0.15) is 0 Å². The Kier molecular flexibility index (Phi) is 5.22. The third-order valence-corrected chi connectivity index (χ3v) is 4.48. The van der Waals surface area contributed by atoms with Gasteiger partial charge in [0.25, 0.3) is 0 Å². The van der Waals surface area contributed by atoms with Crippen LogP contribution in [0.2, 0.25) is 0 Å². The van der Waals surface area contributed by atoms with Crippen LogP contribution in [0.1, 0.15) is 15.4 Å². The van der Waals surface area contributed by atoms with Crippen LogP contribution in [0.3, 0.4) is 0 Å². The van der Waals surface area contributed by atoms with E-state index in [9.17, 15) is 4.79 Å². The molecule has 0 fully saturated rings. The van der Waals surface area contributed by atoms with Gasteiger partial charge in [-0.1, -0.05) is 18.2 Å². The predicted octanol–water partition coefficient (Wildman–Crippen LogP) is 2.68. The van der Waals surface area contributed by atoms with Crippen molar-refractivity contribution in [3.63, 3.8) is 0 Å². The van der Waals surface area contributed by atoms with E-state index in [-0.39, 0.29) is 6.03 Å². The van der Waals surface area contributed by atoms with Crippen molar-refractivity contribution in [1.29, 1.82) is 0 Å². The highest BCUT2D eigenvalue weighted by molar-refractivity contribution is 7.11. The Morgan fingerprint density at radius 3 is 2.92 bits per heavy atom. The van der Waals surface area contributed by atoms with Crippen molar-refractivity contribution in [3.8, 4) is 5.69 Å². The first kappa shape index (κ1) is 16.2. The van der Waals surface area contributed by atoms with Crippen molar-refractivity contribution in [1.82, 2.24) is 25.2 Å². The predicted molar refractivity (Wildman–Crippen MR) is 94.4 cm³/mol. The molecule has 2 N–H and O–H groups in total. The second-order valence-electron chi connectivity index (χ2n) is 5.32. The minimum atomic E-state index is -0.177. The molecule has 124 valence electrons. The molecule has 3 aromatic rings. The standard InChI is InChI=1S/C17H19N5OS/c1-13-10-20-16(24-13)6-7-19-17(23)21-11-14-4-2-3-5-15(14)22-9-8-18-12-22/h2-5,8-10,12H,6-7,11H2,1H3,(H2,19,21,23). The fraction of sp³-hybridized carbons (Fsp3) is 0.235. The van der Waals surface area contributed by atoms with Gasteiger partial charge in [0.05, 0.1) is 17.0 Å². The molecule has 0 aliphatic rings. The lowest BCUT2D eigenvalue weighted by molar-refractivity contribution is 0.240. The van der Waals surface area contributed by atoms with Crippen LogP contribution in [-0.2, 0) is 13.0 Å². The molecule has 0 bridgehead atoms. The van der Waals surface area contributed by atoms with Crippen LogP contribution in [0, 0.1) is 6.92 Å². The van der Waals surface area contributed by atoms with Gasteiger partial charge in [0, 0.05) is 43.0 Å². The van der Waals surface area contributed by atoms with Crippen molar-refractivity contribution in [2.45, 2.75) is 19.9 Å². The summed E-state index contributed by atoms with van der Waals surface area (Å²) in [6.07, 6.45) is 7.96. The number of aryl methyl sites for hydroxylation is 1. The van der Waals surface area contributed by atoms with Gasteiger partial charge in [-0.25, -0.2) is 14.8 Å². The van der Waals surface area contributed by atoms with Crippen molar-refractivity contribution < 1.29 is 4.79 Å². The molecule has 0 aliphatic heterocycles. The molecule has 0 saturated carbocycles. The maximum Gasteiger partial charge on any atom is 0.315 e. The van der Waals surface area contributed by atoms with Crippen molar-refractivity contribution >= 4 is 17.4 Å². The fourth-order valence-electron chi connectivity index (χ4n) is 2.35. The van der Waals surface area contributed by atoms with Crippen molar-refractivity contribution in [2.24, 2.45) is 0 Å². The minimum absolute atomic E-state index is 0.177. The number of hydrogen-bond acceptors (Lipinski definition) is 4. The fourth-order valence-corrected chi connectivity index (χ4v) is 3.14. The van der Waals surface area contributed by atoms with Gasteiger partial charge in [-0.3, -0.25) is 0 Å². The van der Waals surface area contributed by atoms with E-state index in [0.717, 1.165) is 22.7 Å². The summed E-state index contributed by atoms with van der Waals surface area (Å²) in [6, 6.07) is 7.74. The summed E-state index contributed by atoms with van der Waals surface area (Å²) in [7, 11) is 0. The van der Waals surface area contributed by atoms with Gasteiger partial charge in [0.15, 0.2) is 0 Å². The Labute approximate surface area is 144 Å². The molecule has 0 spiro atoms. The maximum atomic E-state index is 12.0. The van der Waals surface area contributed by atoms with Gasteiger partial charge in [-0.15, -0.1) is 11.3 Å². The molecule has 7 heteroatoms. The highest BCUT2D eigenvalue weighted by Gasteiger charge is 2.06. The molecule has 6 nitrogen and oxygen atoms in total. The van der Waals surface area contributed by atoms with Crippen molar-refractivity contribution in [3.05, 3.63) is 64.6 Å². The number of amides is 2. The first-order valence-electron chi connectivity index (χ1n) is 7.71. The van der Waals surface area contributed by atoms with E-state index >= 15 is 0 Å². The monoisotopic (exact) mass is 341 g/mol. The largest absolute Gasteiger partial charge is 0.338 e. The Morgan fingerprint density at radius 1 is 1.29 bits per heavy atom. The highest BCUT2D eigenvalue weighted by Crippen LogP contribution is 2.14. The zero-order valence-electron chi connectivity index (χ0n) is 13.4. The molecule has 0 saturated heterocycles. The summed E-state index contributed by atoms with van der Waals surface area (Å²) in [5, 5.41) is 6.79. The Morgan fingerprint density at radius 2 is 2.17 bits per heavy atom. The maximum absolute atomic E-state index is 12.0. The number of hydrogen-bond donors (Lipinski definition) is 2. The van der Waals surface area contributed by atoms with E-state index in [1.165, 1.54) is 4.88 Å². The topological polar surface area (TPSA) is 71.8 Å². The molecule has 3 rings (SSSR count). The third-order valence-electron chi connectivity index (χ3n) is 3.51. The number of rotatable bonds is 6. The molecular weight excluding hydrogens is 322 g/mol. The first-order chi connectivity index (χ1) is 11.7. The summed E-state index contributed by atoms with van der Waals surface area (Å²) in [5.41, 5.74) is 2.04. The average molecular weight is 341 g/mol. The van der Waals surface area contributed by atoms with E-state index in [2.05, 4.69) is 20.6 Å². The molecule has 0 radical (unpaired) electrons. The van der Waals surface area contributed by atoms with E-state index < -0.39 is 0 Å². The van der Waals surface area contributed by atoms with Crippen LogP contribution >= 0.6 is 11.3 Å². The molecule has 0 aliphatic carbocycles. The molecule has 0 unspecified atom stereocenters. The zero-order valence-corrected chi connectivity index (χ0v) is 14.2. The van der Waals surface area contributed by atoms with Crippen LogP contribution < -0.4 is 10.6 Å². The Balaban J connectivity index is 1.50. The minimum Gasteiger partial charge on any atom is -0.338 e. The van der Waals surface area contributed by atoms with Gasteiger partial charge in [-0.2, -0.15) is 0 Å². The summed E-state index contributed by atoms with van der Waals surface area (Å²) < 4.78 is 1.93. The summed E-state index contributed by atoms with van der Waals surface area (Å²) >= 11 is 1.66. The van der Waals surface area contributed by atoms with Crippen LogP contribution in [-0.4, -0.2) is 27.1 Å². The van der Waals surface area contributed by atoms with E-state index in [4.69, 9.17) is 0 Å². The number of urea groups is 1. The van der Waals surface area contributed by atoms with Crippen LogP contribution in [0.15, 0.2) is 49.2 Å². The molecule has 2 amide bonds. The highest BCUT2D eigenvalue weighted by atomic mass is 32.1. The molecular formula is C17H19N5OS. The third kappa shape index (κ3) is 4.20. The molecule has 24 heavy (non-hydrogen) atoms. The van der Waals surface area contributed by atoms with Gasteiger partial charge in [-0.05, 0) is 18.6 Å². The number of nitrogens with one attached hydrogen (secondary N) is 2. The van der Waals surface area contributed by atoms with Crippen LogP contribution in [0.4, 0.5) is 4.79 Å². The van der Waals surface area contributed by atoms with Gasteiger partial charge >= 0.3 is 6.03 Å². The number of aromatic nitrogens is 3. The smallest absolute Gasteiger partial charge is 0.315 e. The lowest BCUT2D eigenvalue weighted by Crippen LogP contribution is -2.36. The Bertz CT molecular complexity index is 797. The first-order valence-corrected chi connectivity index (χ1v) is 8.53. The SMILES string of the molecule is Cc1cnc(CCNC(=O)NCc2ccccc2-n2ccnc2)s1. The average Bonchev–Trinajstić information content (AvgIpc) is 3.25. The second-order valence-corrected chi connectivity index (χ2v) is 6.64. The quantitative estimate of drug-likeness (QED) is 0.724. The number of carbonyl (C=O) groups excluding carboxylic acids is 1. The summed E-state index contributed by atoms with van der Waals surface area (Å²) in [5.74, 6) is 0. The molecule has 0 atom stereocenters. The lowest BCUT2D eigenvalue weighted by atomic mass is 10.1. The van der Waals surface area contributed by atoms with Crippen LogP contribution in [0.5, 0.6) is 0 Å². The second kappa shape index (κ2) is 7.74. The number of imidazole rings is 1. The number of nitrogens with zero attached hydrogens (tertiary/aromatic N) is 3. The molecule has 2 aromatic heterocycles. The van der Waals surface area contributed by atoms with E-state index in [1.807, 2.05) is 48.1 Å². The zero-order chi connectivity index (χ0) is 16.8. The molecule has 2 heterocycles. The number of benzene rings is 1. The summed E-state index contributed by atoms with van der Waals surface area (Å²) in [6.45, 7) is 3.05. The van der Waals surface area contributed by atoms with E-state index in [1.54, 1.807) is 23.9 Å². The van der Waals surface area contributed by atoms with Gasteiger partial charge < -0.3 is 15.2 Å². The number of para-hydroxylation sites is 1. The van der Waals surface area contributed by atoms with Gasteiger partial charge in [0.2, 0.25) is 0 Å². The lowest BCUT2D eigenvalue weighted by Gasteiger charge is -2.11. The molecule has 1 aromatic carbocycles.